The molecule has 2 rings (SSSR count). The van der Waals surface area contributed by atoms with Crippen molar-refractivity contribution in [2.45, 2.75) is 6.92 Å². The Morgan fingerprint density at radius 1 is 1.28 bits per heavy atom. The summed E-state index contributed by atoms with van der Waals surface area (Å²) >= 11 is 11.8. The fourth-order valence-corrected chi connectivity index (χ4v) is 1.83. The largest absolute Gasteiger partial charge is 0.322 e. The Balaban J connectivity index is 2.27. The van der Waals surface area contributed by atoms with Crippen molar-refractivity contribution >= 4 is 34.8 Å². The Morgan fingerprint density at radius 3 is 2.78 bits per heavy atom. The van der Waals surface area contributed by atoms with E-state index >= 15 is 0 Å². The maximum atomic E-state index is 12.0. The molecule has 1 amide bonds. The van der Waals surface area contributed by atoms with Crippen molar-refractivity contribution < 1.29 is 4.79 Å². The van der Waals surface area contributed by atoms with Gasteiger partial charge in [-0.05, 0) is 30.7 Å². The predicted molar refractivity (Wildman–Crippen MR) is 73.4 cm³/mol. The van der Waals surface area contributed by atoms with Crippen LogP contribution in [0.15, 0.2) is 36.7 Å². The number of carbonyl (C=O) groups excluding carboxylic acids is 1. The van der Waals surface area contributed by atoms with Crippen molar-refractivity contribution in [3.05, 3.63) is 57.8 Å². The van der Waals surface area contributed by atoms with Crippen LogP contribution in [0.3, 0.4) is 0 Å². The van der Waals surface area contributed by atoms with Crippen LogP contribution in [0.2, 0.25) is 10.0 Å². The number of aromatic nitrogens is 1. The third-order valence-corrected chi connectivity index (χ3v) is 3.02. The van der Waals surface area contributed by atoms with E-state index in [4.69, 9.17) is 23.2 Å². The second-order valence-corrected chi connectivity index (χ2v) is 4.61. The first-order valence-electron chi connectivity index (χ1n) is 5.25. The molecule has 5 heteroatoms. The van der Waals surface area contributed by atoms with Gasteiger partial charge in [0, 0.05) is 23.1 Å². The molecular weight excluding hydrogens is 271 g/mol. The number of rotatable bonds is 2. The molecule has 3 nitrogen and oxygen atoms in total. The zero-order valence-electron chi connectivity index (χ0n) is 9.58. The van der Waals surface area contributed by atoms with Crippen LogP contribution in [0.4, 0.5) is 5.69 Å². The number of halogens is 2. The average molecular weight is 281 g/mol. The second-order valence-electron chi connectivity index (χ2n) is 3.77. The molecule has 1 aromatic heterocycles. The van der Waals surface area contributed by atoms with Gasteiger partial charge in [0.05, 0.1) is 10.6 Å². The molecule has 2 aromatic rings. The average Bonchev–Trinajstić information content (AvgIpc) is 2.34. The Morgan fingerprint density at radius 2 is 2.06 bits per heavy atom. The van der Waals surface area contributed by atoms with E-state index in [1.54, 1.807) is 18.2 Å². The van der Waals surface area contributed by atoms with Crippen LogP contribution in [-0.2, 0) is 0 Å². The molecule has 0 saturated heterocycles. The molecule has 1 N–H and O–H groups in total. The Hall–Kier alpha value is -1.58. The summed E-state index contributed by atoms with van der Waals surface area (Å²) < 4.78 is 0. The molecule has 0 atom stereocenters. The quantitative estimate of drug-likeness (QED) is 0.905. The molecule has 18 heavy (non-hydrogen) atoms. The Kier molecular flexibility index (Phi) is 3.84. The normalized spacial score (nSPS) is 10.2. The highest BCUT2D eigenvalue weighted by atomic mass is 35.5. The van der Waals surface area contributed by atoms with Crippen molar-refractivity contribution in [3.8, 4) is 0 Å². The van der Waals surface area contributed by atoms with Gasteiger partial charge in [-0.1, -0.05) is 29.3 Å². The van der Waals surface area contributed by atoms with E-state index in [1.807, 2.05) is 13.0 Å². The summed E-state index contributed by atoms with van der Waals surface area (Å²) in [7, 11) is 0. The van der Waals surface area contributed by atoms with Gasteiger partial charge in [-0.15, -0.1) is 0 Å². The standard InChI is InChI=1S/C13H10Cl2N2O/c1-8-2-3-9(14)6-12(8)17-13(18)10-7-16-5-4-11(10)15/h2-7H,1H3,(H,17,18). The molecule has 0 saturated carbocycles. The van der Waals surface area contributed by atoms with Gasteiger partial charge < -0.3 is 5.32 Å². The Bertz CT molecular complexity index is 599. The fraction of sp³-hybridized carbons (Fsp3) is 0.0769. The molecule has 1 heterocycles. The number of hydrogen-bond donors (Lipinski definition) is 1. The van der Waals surface area contributed by atoms with Crippen LogP contribution in [0.25, 0.3) is 0 Å². The summed E-state index contributed by atoms with van der Waals surface area (Å²) in [5, 5.41) is 3.69. The van der Waals surface area contributed by atoms with Crippen molar-refractivity contribution in [1.29, 1.82) is 0 Å². The van der Waals surface area contributed by atoms with Crippen LogP contribution < -0.4 is 5.32 Å². The van der Waals surface area contributed by atoms with Gasteiger partial charge >= 0.3 is 0 Å². The van der Waals surface area contributed by atoms with Crippen molar-refractivity contribution in [2.24, 2.45) is 0 Å². The van der Waals surface area contributed by atoms with Gasteiger partial charge in [0.25, 0.3) is 5.91 Å². The van der Waals surface area contributed by atoms with E-state index < -0.39 is 0 Å². The zero-order chi connectivity index (χ0) is 13.1. The summed E-state index contributed by atoms with van der Waals surface area (Å²) in [4.78, 5) is 15.9. The van der Waals surface area contributed by atoms with Crippen molar-refractivity contribution in [2.75, 3.05) is 5.32 Å². The fourth-order valence-electron chi connectivity index (χ4n) is 1.46. The van der Waals surface area contributed by atoms with Gasteiger partial charge in [-0.2, -0.15) is 0 Å². The number of hydrogen-bond acceptors (Lipinski definition) is 2. The lowest BCUT2D eigenvalue weighted by atomic mass is 10.2. The van der Waals surface area contributed by atoms with E-state index in [9.17, 15) is 4.79 Å². The molecule has 0 aliphatic carbocycles. The molecular formula is C13H10Cl2N2O. The van der Waals surface area contributed by atoms with Gasteiger partial charge in [0.1, 0.15) is 0 Å². The summed E-state index contributed by atoms with van der Waals surface area (Å²) in [6, 6.07) is 6.87. The lowest BCUT2D eigenvalue weighted by molar-refractivity contribution is 0.102. The second kappa shape index (κ2) is 5.38. The summed E-state index contributed by atoms with van der Waals surface area (Å²) in [5.74, 6) is -0.307. The molecule has 0 spiro atoms. The lowest BCUT2D eigenvalue weighted by Crippen LogP contribution is -2.13. The first kappa shape index (κ1) is 12.9. The van der Waals surface area contributed by atoms with Crippen LogP contribution in [0, 0.1) is 6.92 Å². The van der Waals surface area contributed by atoms with Crippen LogP contribution >= 0.6 is 23.2 Å². The molecule has 0 unspecified atom stereocenters. The summed E-state index contributed by atoms with van der Waals surface area (Å²) in [6.07, 6.45) is 2.96. The van der Waals surface area contributed by atoms with Crippen LogP contribution in [0.1, 0.15) is 15.9 Å². The first-order chi connectivity index (χ1) is 8.58. The van der Waals surface area contributed by atoms with Crippen molar-refractivity contribution in [1.82, 2.24) is 4.98 Å². The molecule has 92 valence electrons. The number of nitrogens with one attached hydrogen (secondary N) is 1. The van der Waals surface area contributed by atoms with Crippen LogP contribution in [0.5, 0.6) is 0 Å². The third-order valence-electron chi connectivity index (χ3n) is 2.46. The summed E-state index contributed by atoms with van der Waals surface area (Å²) in [6.45, 7) is 1.89. The van der Waals surface area contributed by atoms with E-state index in [0.717, 1.165) is 5.56 Å². The van der Waals surface area contributed by atoms with Crippen molar-refractivity contribution in [3.63, 3.8) is 0 Å². The maximum Gasteiger partial charge on any atom is 0.258 e. The molecule has 0 aliphatic rings. The van der Waals surface area contributed by atoms with Gasteiger partial charge in [-0.25, -0.2) is 0 Å². The number of pyridine rings is 1. The number of nitrogens with zero attached hydrogens (tertiary/aromatic N) is 1. The monoisotopic (exact) mass is 280 g/mol. The van der Waals surface area contributed by atoms with E-state index in [1.165, 1.54) is 12.4 Å². The highest BCUT2D eigenvalue weighted by molar-refractivity contribution is 6.34. The maximum absolute atomic E-state index is 12.0. The Labute approximate surface area is 115 Å². The van der Waals surface area contributed by atoms with Crippen LogP contribution in [-0.4, -0.2) is 10.9 Å². The SMILES string of the molecule is Cc1ccc(Cl)cc1NC(=O)c1cnccc1Cl. The minimum absolute atomic E-state index is 0.307. The van der Waals surface area contributed by atoms with E-state index in [0.29, 0.717) is 21.3 Å². The minimum atomic E-state index is -0.307. The third kappa shape index (κ3) is 2.81. The number of anilines is 1. The molecule has 0 aliphatic heterocycles. The number of amides is 1. The van der Waals surface area contributed by atoms with Gasteiger partial charge in [0.15, 0.2) is 0 Å². The topological polar surface area (TPSA) is 42.0 Å². The number of benzene rings is 1. The lowest BCUT2D eigenvalue weighted by Gasteiger charge is -2.09. The number of carbonyl (C=O) groups is 1. The zero-order valence-corrected chi connectivity index (χ0v) is 11.1. The smallest absolute Gasteiger partial charge is 0.258 e. The summed E-state index contributed by atoms with van der Waals surface area (Å²) in [5.41, 5.74) is 1.92. The first-order valence-corrected chi connectivity index (χ1v) is 6.00. The predicted octanol–water partition coefficient (Wildman–Crippen LogP) is 3.95. The highest BCUT2D eigenvalue weighted by Crippen LogP contribution is 2.22. The molecule has 1 aromatic carbocycles. The molecule has 0 fully saturated rings. The number of aryl methyl sites for hydroxylation is 1. The highest BCUT2D eigenvalue weighted by Gasteiger charge is 2.11. The molecule has 0 radical (unpaired) electrons. The molecule has 0 bridgehead atoms. The van der Waals surface area contributed by atoms with E-state index in [2.05, 4.69) is 10.3 Å². The van der Waals surface area contributed by atoms with Gasteiger partial charge in [0.2, 0.25) is 0 Å². The van der Waals surface area contributed by atoms with E-state index in [-0.39, 0.29) is 5.91 Å². The minimum Gasteiger partial charge on any atom is -0.322 e. The van der Waals surface area contributed by atoms with Gasteiger partial charge in [-0.3, -0.25) is 9.78 Å².